The Kier molecular flexibility index (Phi) is 5.40. The Balaban J connectivity index is 2.32. The Labute approximate surface area is 172 Å². The molecule has 28 heavy (non-hydrogen) atoms. The first-order valence-electron chi connectivity index (χ1n) is 9.76. The van der Waals surface area contributed by atoms with Crippen LogP contribution in [-0.4, -0.2) is 16.1 Å². The molecule has 0 heterocycles. The molecule has 0 saturated heterocycles. The highest BCUT2D eigenvalue weighted by Gasteiger charge is 2.26. The van der Waals surface area contributed by atoms with Crippen molar-refractivity contribution in [2.24, 2.45) is 0 Å². The zero-order chi connectivity index (χ0) is 20.5. The Hall–Kier alpha value is -2.53. The maximum absolute atomic E-state index is 4.35. The molecule has 0 radical (unpaired) electrons. The van der Waals surface area contributed by atoms with Crippen LogP contribution in [0.1, 0.15) is 11.1 Å². The molecule has 0 unspecified atom stereocenters. The molecule has 140 valence electrons. The van der Waals surface area contributed by atoms with Crippen LogP contribution in [0.4, 0.5) is 0 Å². The zero-order valence-electron chi connectivity index (χ0n) is 17.8. The molecule has 0 spiro atoms. The van der Waals surface area contributed by atoms with Crippen LogP contribution in [0.3, 0.4) is 0 Å². The van der Waals surface area contributed by atoms with Gasteiger partial charge in [-0.3, -0.25) is 0 Å². The average molecular weight is 397 g/mol. The largest absolute Gasteiger partial charge is 0.129 e. The van der Waals surface area contributed by atoms with Crippen molar-refractivity contribution in [2.75, 3.05) is 0 Å². The molecular formula is C26H28Si2. The van der Waals surface area contributed by atoms with Crippen molar-refractivity contribution in [3.05, 3.63) is 77.4 Å². The lowest BCUT2D eigenvalue weighted by Crippen LogP contribution is -2.17. The molecule has 0 aromatic heterocycles. The van der Waals surface area contributed by atoms with Gasteiger partial charge in [-0.2, -0.15) is 0 Å². The van der Waals surface area contributed by atoms with Crippen LogP contribution in [0.15, 0.2) is 66.3 Å². The van der Waals surface area contributed by atoms with Gasteiger partial charge >= 0.3 is 0 Å². The Morgan fingerprint density at radius 1 is 0.643 bits per heavy atom. The average Bonchev–Trinajstić information content (AvgIpc) is 2.94. The maximum atomic E-state index is 4.35. The van der Waals surface area contributed by atoms with Gasteiger partial charge in [-0.05, 0) is 22.3 Å². The monoisotopic (exact) mass is 396 g/mol. The summed E-state index contributed by atoms with van der Waals surface area (Å²) in [4.78, 5) is 0. The highest BCUT2D eigenvalue weighted by Crippen LogP contribution is 2.46. The topological polar surface area (TPSA) is 0 Å². The van der Waals surface area contributed by atoms with Crippen molar-refractivity contribution < 1.29 is 0 Å². The Morgan fingerprint density at radius 2 is 1.04 bits per heavy atom. The molecule has 0 bridgehead atoms. The third-order valence-electron chi connectivity index (χ3n) is 4.39. The van der Waals surface area contributed by atoms with E-state index in [1.165, 1.54) is 27.8 Å². The molecule has 0 N–H and O–H groups in total. The van der Waals surface area contributed by atoms with E-state index in [2.05, 4.69) is 117 Å². The lowest BCUT2D eigenvalue weighted by atomic mass is 9.94. The third kappa shape index (κ3) is 4.47. The molecule has 2 aromatic carbocycles. The summed E-state index contributed by atoms with van der Waals surface area (Å²) in [6.45, 7) is 17.9. The molecule has 1 aliphatic rings. The van der Waals surface area contributed by atoms with E-state index in [9.17, 15) is 0 Å². The van der Waals surface area contributed by atoms with E-state index in [4.69, 9.17) is 0 Å². The minimum atomic E-state index is -1.54. The van der Waals surface area contributed by atoms with Gasteiger partial charge < -0.3 is 0 Å². The lowest BCUT2D eigenvalue weighted by molar-refractivity contribution is 1.60. The molecule has 0 aliphatic heterocycles. The Morgan fingerprint density at radius 3 is 1.46 bits per heavy atom. The molecule has 2 heteroatoms. The molecule has 0 amide bonds. The minimum Gasteiger partial charge on any atom is -0.127 e. The summed E-state index contributed by atoms with van der Waals surface area (Å²) in [6.07, 6.45) is 0. The van der Waals surface area contributed by atoms with Gasteiger partial charge in [0.1, 0.15) is 16.1 Å². The smallest absolute Gasteiger partial charge is 0.127 e. The van der Waals surface area contributed by atoms with Crippen molar-refractivity contribution in [3.63, 3.8) is 0 Å². The van der Waals surface area contributed by atoms with Crippen LogP contribution in [0, 0.1) is 22.9 Å². The van der Waals surface area contributed by atoms with E-state index in [-0.39, 0.29) is 0 Å². The summed E-state index contributed by atoms with van der Waals surface area (Å²) >= 11 is 0. The van der Waals surface area contributed by atoms with E-state index >= 15 is 0 Å². The molecule has 1 aliphatic carbocycles. The summed E-state index contributed by atoms with van der Waals surface area (Å²) in [5, 5.41) is 0. The van der Waals surface area contributed by atoms with Gasteiger partial charge in [-0.1, -0.05) is 106 Å². The molecule has 0 saturated carbocycles. The summed E-state index contributed by atoms with van der Waals surface area (Å²) < 4.78 is 0. The lowest BCUT2D eigenvalue weighted by Gasteiger charge is -2.11. The van der Waals surface area contributed by atoms with Crippen LogP contribution >= 0.6 is 0 Å². The summed E-state index contributed by atoms with van der Waals surface area (Å²) in [5.41, 5.74) is 15.1. The second-order valence-electron chi connectivity index (χ2n) is 9.32. The van der Waals surface area contributed by atoms with E-state index in [1.54, 1.807) is 0 Å². The molecular weight excluding hydrogens is 368 g/mol. The van der Waals surface area contributed by atoms with Crippen LogP contribution < -0.4 is 0 Å². The first-order valence-corrected chi connectivity index (χ1v) is 16.8. The van der Waals surface area contributed by atoms with Crippen molar-refractivity contribution in [2.45, 2.75) is 39.3 Å². The normalized spacial score (nSPS) is 12.1. The number of rotatable bonds is 1. The van der Waals surface area contributed by atoms with Gasteiger partial charge in [0, 0.05) is 16.7 Å². The van der Waals surface area contributed by atoms with Gasteiger partial charge in [0.15, 0.2) is 0 Å². The third-order valence-corrected chi connectivity index (χ3v) is 6.14. The molecule has 0 atom stereocenters. The van der Waals surface area contributed by atoms with Gasteiger partial charge in [-0.15, -0.1) is 11.1 Å². The summed E-state index contributed by atoms with van der Waals surface area (Å²) in [7, 11) is -3.03. The van der Waals surface area contributed by atoms with Gasteiger partial charge in [0.25, 0.3) is 0 Å². The van der Waals surface area contributed by atoms with Gasteiger partial charge in [-0.25, -0.2) is 0 Å². The second kappa shape index (κ2) is 7.48. The van der Waals surface area contributed by atoms with Crippen LogP contribution in [0.2, 0.25) is 39.3 Å². The number of hydrogen-bond donors (Lipinski definition) is 0. The molecule has 0 nitrogen and oxygen atoms in total. The summed E-state index contributed by atoms with van der Waals surface area (Å²) in [6, 6.07) is 17.2. The van der Waals surface area contributed by atoms with Gasteiger partial charge in [0.2, 0.25) is 0 Å². The SMILES string of the molecule is C=C(C#C[Si](C)(C)C)C(C#C[Si](C)(C)C)=C1c2ccccc2-c2ccccc21. The molecule has 0 fully saturated rings. The van der Waals surface area contributed by atoms with Crippen molar-refractivity contribution >= 4 is 21.7 Å². The van der Waals surface area contributed by atoms with Crippen LogP contribution in [0.25, 0.3) is 16.7 Å². The molecule has 2 aromatic rings. The fourth-order valence-corrected chi connectivity index (χ4v) is 4.18. The fraction of sp³-hybridized carbons (Fsp3) is 0.231. The summed E-state index contributed by atoms with van der Waals surface area (Å²) in [5.74, 6) is 6.89. The second-order valence-corrected chi connectivity index (χ2v) is 18.8. The predicted octanol–water partition coefficient (Wildman–Crippen LogP) is 6.79. The number of hydrogen-bond acceptors (Lipinski definition) is 0. The van der Waals surface area contributed by atoms with Crippen molar-refractivity contribution in [1.82, 2.24) is 0 Å². The standard InChI is InChI=1S/C26H28Si2/c1-20(16-18-27(2,3)4)21(17-19-28(5,6)7)26-24-14-10-8-12-22(24)23-13-9-11-15-25(23)26/h8-15H,1H2,2-7H3. The fourth-order valence-electron chi connectivity index (χ4n) is 3.15. The van der Waals surface area contributed by atoms with Crippen LogP contribution in [0.5, 0.6) is 0 Å². The van der Waals surface area contributed by atoms with Gasteiger partial charge in [0.05, 0.1) is 0 Å². The highest BCUT2D eigenvalue weighted by molar-refractivity contribution is 6.84. The molecule has 3 rings (SSSR count). The van der Waals surface area contributed by atoms with E-state index < -0.39 is 16.1 Å². The maximum Gasteiger partial charge on any atom is 0.129 e. The number of allylic oxidation sites excluding steroid dienone is 2. The Bertz CT molecular complexity index is 1050. The first-order chi connectivity index (χ1) is 13.1. The van der Waals surface area contributed by atoms with Crippen molar-refractivity contribution in [1.29, 1.82) is 0 Å². The van der Waals surface area contributed by atoms with E-state index in [1.807, 2.05) is 0 Å². The number of fused-ring (bicyclic) bond motifs is 3. The van der Waals surface area contributed by atoms with E-state index in [0.717, 1.165) is 11.1 Å². The van der Waals surface area contributed by atoms with E-state index in [0.29, 0.717) is 0 Å². The zero-order valence-corrected chi connectivity index (χ0v) is 19.8. The predicted molar refractivity (Wildman–Crippen MR) is 129 cm³/mol. The highest BCUT2D eigenvalue weighted by atomic mass is 28.3. The van der Waals surface area contributed by atoms with Crippen molar-refractivity contribution in [3.8, 4) is 34.1 Å². The van der Waals surface area contributed by atoms with Crippen LogP contribution in [-0.2, 0) is 0 Å². The number of benzene rings is 2. The first kappa shape index (κ1) is 20.2. The quantitative estimate of drug-likeness (QED) is 0.314. The minimum absolute atomic E-state index is 0.842.